The summed E-state index contributed by atoms with van der Waals surface area (Å²) in [5, 5.41) is 3.60. The number of hydrogen-bond donors (Lipinski definition) is 1. The molecule has 11 heteroatoms. The molecule has 0 aliphatic rings. The number of esters is 1. The van der Waals surface area contributed by atoms with Gasteiger partial charge in [0.25, 0.3) is 11.5 Å². The number of amides is 1. The van der Waals surface area contributed by atoms with E-state index in [1.807, 2.05) is 25.1 Å². The van der Waals surface area contributed by atoms with Crippen molar-refractivity contribution in [1.82, 2.24) is 14.5 Å². The molecule has 0 spiro atoms. The summed E-state index contributed by atoms with van der Waals surface area (Å²) in [5.74, 6) is -1.03. The summed E-state index contributed by atoms with van der Waals surface area (Å²) < 4.78 is 7.37. The number of methoxy groups -OCH3 is 1. The Morgan fingerprint density at radius 2 is 1.65 bits per heavy atom. The fraction of sp³-hybridized carbons (Fsp3) is 0.241. The summed E-state index contributed by atoms with van der Waals surface area (Å²) in [6.07, 6.45) is 0.172. The second-order valence-electron chi connectivity index (χ2n) is 9.50. The molecule has 1 aromatic heterocycles. The van der Waals surface area contributed by atoms with E-state index in [1.54, 1.807) is 61.6 Å². The van der Waals surface area contributed by atoms with Gasteiger partial charge in [0.15, 0.2) is 0 Å². The number of halogens is 2. The first-order valence-corrected chi connectivity index (χ1v) is 13.1. The van der Waals surface area contributed by atoms with Gasteiger partial charge < -0.3 is 15.0 Å². The minimum atomic E-state index is -0.640. The molecule has 0 saturated carbocycles. The van der Waals surface area contributed by atoms with E-state index in [9.17, 15) is 19.2 Å². The largest absolute Gasteiger partial charge is 0.469 e. The normalized spacial score (nSPS) is 11.8. The molecule has 4 rings (SSSR count). The summed E-state index contributed by atoms with van der Waals surface area (Å²) in [5.41, 5.74) is 1.72. The Balaban J connectivity index is 1.65. The van der Waals surface area contributed by atoms with Crippen LogP contribution in [0.2, 0.25) is 10.0 Å². The SMILES string of the molecule is COC(=O)C[C@H](Cc1ccc(-n2c(=O)c3cc(N(C)C)ccc3n(C)c2=O)cc1)NC(=O)c1c(Cl)cccc1Cl. The van der Waals surface area contributed by atoms with Crippen molar-refractivity contribution in [3.8, 4) is 5.69 Å². The Labute approximate surface area is 240 Å². The molecule has 1 heterocycles. The fourth-order valence-electron chi connectivity index (χ4n) is 4.45. The van der Waals surface area contributed by atoms with Gasteiger partial charge >= 0.3 is 11.7 Å². The molecule has 4 aromatic rings. The lowest BCUT2D eigenvalue weighted by molar-refractivity contribution is -0.141. The van der Waals surface area contributed by atoms with Gasteiger partial charge in [-0.1, -0.05) is 41.4 Å². The highest BCUT2D eigenvalue weighted by atomic mass is 35.5. The molecule has 0 aliphatic heterocycles. The zero-order valence-electron chi connectivity index (χ0n) is 22.4. The van der Waals surface area contributed by atoms with Crippen LogP contribution in [-0.4, -0.2) is 48.3 Å². The molecule has 3 aromatic carbocycles. The predicted molar refractivity (Wildman–Crippen MR) is 157 cm³/mol. The maximum atomic E-state index is 13.4. The lowest BCUT2D eigenvalue weighted by atomic mass is 10.0. The van der Waals surface area contributed by atoms with Crippen molar-refractivity contribution >= 4 is 51.7 Å². The van der Waals surface area contributed by atoms with Gasteiger partial charge in [0.05, 0.1) is 45.7 Å². The van der Waals surface area contributed by atoms with E-state index in [2.05, 4.69) is 5.32 Å². The number of rotatable bonds is 8. The number of hydrogen-bond acceptors (Lipinski definition) is 6. The van der Waals surface area contributed by atoms with Crippen LogP contribution in [0, 0.1) is 0 Å². The molecule has 0 bridgehead atoms. The molecule has 40 heavy (non-hydrogen) atoms. The van der Waals surface area contributed by atoms with Crippen LogP contribution in [0.25, 0.3) is 16.6 Å². The number of anilines is 1. The maximum Gasteiger partial charge on any atom is 0.335 e. The number of fused-ring (bicyclic) bond motifs is 1. The predicted octanol–water partition coefficient (Wildman–Crippen LogP) is 3.97. The van der Waals surface area contributed by atoms with Crippen LogP contribution < -0.4 is 21.5 Å². The minimum Gasteiger partial charge on any atom is -0.469 e. The first-order chi connectivity index (χ1) is 19.0. The molecule has 208 valence electrons. The second kappa shape index (κ2) is 12.0. The topological polar surface area (TPSA) is 103 Å². The monoisotopic (exact) mass is 582 g/mol. The molecule has 1 amide bonds. The van der Waals surface area contributed by atoms with Crippen molar-refractivity contribution < 1.29 is 14.3 Å². The van der Waals surface area contributed by atoms with Gasteiger partial charge in [0.1, 0.15) is 0 Å². The summed E-state index contributed by atoms with van der Waals surface area (Å²) >= 11 is 12.4. The van der Waals surface area contributed by atoms with Crippen LogP contribution in [-0.2, 0) is 23.0 Å². The third-order valence-electron chi connectivity index (χ3n) is 6.61. The van der Waals surface area contributed by atoms with E-state index in [4.69, 9.17) is 27.9 Å². The molecule has 0 fully saturated rings. The second-order valence-corrected chi connectivity index (χ2v) is 10.3. The Morgan fingerprint density at radius 3 is 2.25 bits per heavy atom. The number of aryl methyl sites for hydroxylation is 1. The van der Waals surface area contributed by atoms with Crippen LogP contribution in [0.5, 0.6) is 0 Å². The molecule has 0 aliphatic carbocycles. The molecule has 0 unspecified atom stereocenters. The quantitative estimate of drug-likeness (QED) is 0.315. The van der Waals surface area contributed by atoms with Gasteiger partial charge in [0, 0.05) is 32.9 Å². The Kier molecular flexibility index (Phi) is 8.66. The van der Waals surface area contributed by atoms with Gasteiger partial charge in [-0.25, -0.2) is 9.36 Å². The fourth-order valence-corrected chi connectivity index (χ4v) is 5.02. The van der Waals surface area contributed by atoms with Crippen molar-refractivity contribution in [1.29, 1.82) is 0 Å². The molecule has 1 N–H and O–H groups in total. The van der Waals surface area contributed by atoms with E-state index in [0.29, 0.717) is 16.6 Å². The van der Waals surface area contributed by atoms with Gasteiger partial charge in [0.2, 0.25) is 0 Å². The molecule has 0 radical (unpaired) electrons. The molecule has 9 nitrogen and oxygen atoms in total. The Bertz CT molecular complexity index is 1690. The van der Waals surface area contributed by atoms with Gasteiger partial charge in [-0.3, -0.25) is 19.0 Å². The summed E-state index contributed by atoms with van der Waals surface area (Å²) in [6.45, 7) is 0. The van der Waals surface area contributed by atoms with E-state index in [-0.39, 0.29) is 28.5 Å². The number of carbonyl (C=O) groups excluding carboxylic acids is 2. The average Bonchev–Trinajstić information content (AvgIpc) is 2.92. The van der Waals surface area contributed by atoms with Crippen LogP contribution in [0.4, 0.5) is 5.69 Å². The van der Waals surface area contributed by atoms with E-state index in [0.717, 1.165) is 15.8 Å². The Hall–Kier alpha value is -4.08. The standard InChI is InChI=1S/C29H28Cl2N4O5/c1-33(2)20-12-13-24-21(16-20)28(38)35(29(39)34(24)3)19-10-8-17(9-11-19)14-18(15-25(36)40-4)32-27(37)26-22(30)6-5-7-23(26)31/h5-13,16,18H,14-15H2,1-4H3,(H,32,37)/t18-/m0/s1. The van der Waals surface area contributed by atoms with Crippen LogP contribution >= 0.6 is 23.2 Å². The highest BCUT2D eigenvalue weighted by Gasteiger charge is 2.22. The molecular formula is C29H28Cl2N4O5. The highest BCUT2D eigenvalue weighted by molar-refractivity contribution is 6.39. The average molecular weight is 583 g/mol. The van der Waals surface area contributed by atoms with Crippen LogP contribution in [0.15, 0.2) is 70.3 Å². The number of aromatic nitrogens is 2. The molecule has 0 saturated heterocycles. The van der Waals surface area contributed by atoms with Crippen molar-refractivity contribution in [2.24, 2.45) is 7.05 Å². The summed E-state index contributed by atoms with van der Waals surface area (Å²) in [4.78, 5) is 53.5. The molecular weight excluding hydrogens is 555 g/mol. The highest BCUT2D eigenvalue weighted by Crippen LogP contribution is 2.24. The lowest BCUT2D eigenvalue weighted by Crippen LogP contribution is -2.39. The summed E-state index contributed by atoms with van der Waals surface area (Å²) in [6, 6.07) is 16.2. The lowest BCUT2D eigenvalue weighted by Gasteiger charge is -2.19. The minimum absolute atomic E-state index is 0.0923. The Morgan fingerprint density at radius 1 is 1.00 bits per heavy atom. The number of carbonyl (C=O) groups is 2. The maximum absolute atomic E-state index is 13.4. The van der Waals surface area contributed by atoms with Gasteiger partial charge in [-0.15, -0.1) is 0 Å². The van der Waals surface area contributed by atoms with Gasteiger partial charge in [-0.2, -0.15) is 0 Å². The van der Waals surface area contributed by atoms with Crippen LogP contribution in [0.3, 0.4) is 0 Å². The van der Waals surface area contributed by atoms with E-state index >= 15 is 0 Å². The number of benzene rings is 3. The first-order valence-electron chi connectivity index (χ1n) is 12.4. The third-order valence-corrected chi connectivity index (χ3v) is 7.24. The number of nitrogens with one attached hydrogen (secondary N) is 1. The van der Waals surface area contributed by atoms with Crippen molar-refractivity contribution in [2.45, 2.75) is 18.9 Å². The zero-order valence-corrected chi connectivity index (χ0v) is 23.9. The van der Waals surface area contributed by atoms with Crippen molar-refractivity contribution in [3.05, 3.63) is 103 Å². The number of ether oxygens (including phenoxy) is 1. The van der Waals surface area contributed by atoms with E-state index in [1.165, 1.54) is 11.7 Å². The van der Waals surface area contributed by atoms with E-state index < -0.39 is 29.2 Å². The number of nitrogens with zero attached hydrogens (tertiary/aromatic N) is 3. The third kappa shape index (κ3) is 5.90. The van der Waals surface area contributed by atoms with Gasteiger partial charge in [-0.05, 0) is 54.4 Å². The van der Waals surface area contributed by atoms with Crippen molar-refractivity contribution in [2.75, 3.05) is 26.1 Å². The summed E-state index contributed by atoms with van der Waals surface area (Å²) in [7, 11) is 6.64. The first kappa shape index (κ1) is 28.9. The van der Waals surface area contributed by atoms with Crippen molar-refractivity contribution in [3.63, 3.8) is 0 Å². The molecule has 1 atom stereocenters. The van der Waals surface area contributed by atoms with Crippen LogP contribution in [0.1, 0.15) is 22.3 Å². The smallest absolute Gasteiger partial charge is 0.335 e. The zero-order chi connectivity index (χ0) is 29.1.